The van der Waals surface area contributed by atoms with E-state index in [-0.39, 0.29) is 16.9 Å². The van der Waals surface area contributed by atoms with Crippen molar-refractivity contribution in [3.63, 3.8) is 0 Å². The summed E-state index contributed by atoms with van der Waals surface area (Å²) < 4.78 is 0. The summed E-state index contributed by atoms with van der Waals surface area (Å²) in [7, 11) is 0. The van der Waals surface area contributed by atoms with E-state index in [0.29, 0.717) is 5.41 Å². The van der Waals surface area contributed by atoms with Crippen molar-refractivity contribution in [1.29, 1.82) is 0 Å². The average Bonchev–Trinajstić information content (AvgIpc) is 2.44. The highest BCUT2D eigenvalue weighted by Gasteiger charge is 2.50. The van der Waals surface area contributed by atoms with E-state index < -0.39 is 0 Å². The topological polar surface area (TPSA) is 62.0 Å². The molecule has 4 aliphatic rings. The molecule has 1 aromatic rings. The van der Waals surface area contributed by atoms with Crippen LogP contribution in [0.4, 0.5) is 0 Å². The molecule has 112 valence electrons. The molecule has 0 atom stereocenters. The fraction of sp³-hybridized carbons (Fsp3) is 0.647. The Morgan fingerprint density at radius 1 is 1.19 bits per heavy atom. The first-order valence-electron chi connectivity index (χ1n) is 8.09. The van der Waals surface area contributed by atoms with Gasteiger partial charge in [0.1, 0.15) is 5.56 Å². The zero-order valence-electron chi connectivity index (χ0n) is 12.2. The van der Waals surface area contributed by atoms with E-state index in [1.54, 1.807) is 6.20 Å². The molecule has 0 aliphatic heterocycles. The fourth-order valence-corrected chi connectivity index (χ4v) is 5.46. The van der Waals surface area contributed by atoms with Gasteiger partial charge in [0.05, 0.1) is 0 Å². The number of pyridine rings is 1. The Bertz CT molecular complexity index is 584. The van der Waals surface area contributed by atoms with E-state index in [4.69, 9.17) is 0 Å². The number of H-pyrrole nitrogens is 1. The quantitative estimate of drug-likeness (QED) is 0.895. The summed E-state index contributed by atoms with van der Waals surface area (Å²) in [4.78, 5) is 26.7. The average molecular weight is 286 g/mol. The Labute approximate surface area is 124 Å². The molecule has 0 unspecified atom stereocenters. The molecule has 4 nitrogen and oxygen atoms in total. The number of amides is 1. The zero-order valence-corrected chi connectivity index (χ0v) is 12.2. The van der Waals surface area contributed by atoms with Gasteiger partial charge in [-0.25, -0.2) is 0 Å². The van der Waals surface area contributed by atoms with Crippen molar-refractivity contribution in [2.24, 2.45) is 23.2 Å². The Morgan fingerprint density at radius 2 is 1.81 bits per heavy atom. The predicted molar refractivity (Wildman–Crippen MR) is 80.0 cm³/mol. The third-order valence-corrected chi connectivity index (χ3v) is 5.86. The SMILES string of the molecule is O=C(NCC12CC3CC(CC(C3)C1)C2)c1c[nH]ccc1=O. The molecule has 0 aromatic carbocycles. The van der Waals surface area contributed by atoms with Crippen LogP contribution in [0.2, 0.25) is 0 Å². The number of aromatic amines is 1. The molecule has 0 radical (unpaired) electrons. The van der Waals surface area contributed by atoms with Crippen LogP contribution < -0.4 is 10.7 Å². The summed E-state index contributed by atoms with van der Waals surface area (Å²) in [6.07, 6.45) is 11.1. The molecule has 4 fully saturated rings. The van der Waals surface area contributed by atoms with Gasteiger partial charge in [-0.2, -0.15) is 0 Å². The highest BCUT2D eigenvalue weighted by atomic mass is 16.2. The summed E-state index contributed by atoms with van der Waals surface area (Å²) in [5, 5.41) is 3.04. The summed E-state index contributed by atoms with van der Waals surface area (Å²) in [5.74, 6) is 2.42. The van der Waals surface area contributed by atoms with Gasteiger partial charge in [0.15, 0.2) is 5.43 Å². The summed E-state index contributed by atoms with van der Waals surface area (Å²) in [5.41, 5.74) is 0.324. The van der Waals surface area contributed by atoms with Crippen molar-refractivity contribution in [2.75, 3.05) is 6.54 Å². The summed E-state index contributed by atoms with van der Waals surface area (Å²) >= 11 is 0. The van der Waals surface area contributed by atoms with E-state index in [2.05, 4.69) is 10.3 Å². The van der Waals surface area contributed by atoms with Crippen LogP contribution >= 0.6 is 0 Å². The van der Waals surface area contributed by atoms with Gasteiger partial charge in [0.25, 0.3) is 5.91 Å². The molecular formula is C17H22N2O2. The first kappa shape index (κ1) is 13.1. The minimum Gasteiger partial charge on any atom is -0.367 e. The monoisotopic (exact) mass is 286 g/mol. The van der Waals surface area contributed by atoms with Gasteiger partial charge in [0.2, 0.25) is 0 Å². The smallest absolute Gasteiger partial charge is 0.256 e. The standard InChI is InChI=1S/C17H22N2O2/c20-15-1-2-18-9-14(15)16(21)19-10-17-6-11-3-12(7-17)5-13(4-11)8-17/h1-2,9,11-13H,3-8,10H2,(H,18,20)(H,19,21). The lowest BCUT2D eigenvalue weighted by atomic mass is 9.49. The molecule has 1 heterocycles. The highest BCUT2D eigenvalue weighted by molar-refractivity contribution is 5.93. The van der Waals surface area contributed by atoms with Crippen LogP contribution in [-0.4, -0.2) is 17.4 Å². The molecule has 2 N–H and O–H groups in total. The lowest BCUT2D eigenvalue weighted by Crippen LogP contribution is -2.51. The number of rotatable bonds is 3. The lowest BCUT2D eigenvalue weighted by Gasteiger charge is -2.56. The Kier molecular flexibility index (Phi) is 2.95. The second-order valence-corrected chi connectivity index (χ2v) is 7.52. The van der Waals surface area contributed by atoms with Crippen molar-refractivity contribution in [1.82, 2.24) is 10.3 Å². The first-order valence-corrected chi connectivity index (χ1v) is 8.09. The van der Waals surface area contributed by atoms with Crippen LogP contribution in [0.15, 0.2) is 23.3 Å². The molecule has 4 aliphatic carbocycles. The third kappa shape index (κ3) is 2.30. The van der Waals surface area contributed by atoms with Gasteiger partial charge >= 0.3 is 0 Å². The lowest BCUT2D eigenvalue weighted by molar-refractivity contribution is -0.0503. The molecule has 4 saturated carbocycles. The van der Waals surface area contributed by atoms with Crippen LogP contribution in [0.5, 0.6) is 0 Å². The summed E-state index contributed by atoms with van der Waals surface area (Å²) in [6, 6.07) is 1.40. The molecule has 0 spiro atoms. The Morgan fingerprint density at radius 3 is 2.38 bits per heavy atom. The zero-order chi connectivity index (χ0) is 14.4. The van der Waals surface area contributed by atoms with Crippen LogP contribution in [0.3, 0.4) is 0 Å². The molecule has 4 heteroatoms. The van der Waals surface area contributed by atoms with E-state index in [1.807, 2.05) is 0 Å². The van der Waals surface area contributed by atoms with E-state index in [1.165, 1.54) is 50.8 Å². The van der Waals surface area contributed by atoms with Crippen LogP contribution in [0.25, 0.3) is 0 Å². The number of hydrogen-bond acceptors (Lipinski definition) is 2. The van der Waals surface area contributed by atoms with Crippen molar-refractivity contribution in [3.8, 4) is 0 Å². The van der Waals surface area contributed by atoms with Gasteiger partial charge in [-0.05, 0) is 61.7 Å². The van der Waals surface area contributed by atoms with Gasteiger partial charge in [-0.3, -0.25) is 9.59 Å². The maximum absolute atomic E-state index is 12.2. The minimum atomic E-state index is -0.229. The molecule has 4 bridgehead atoms. The molecule has 21 heavy (non-hydrogen) atoms. The van der Waals surface area contributed by atoms with E-state index >= 15 is 0 Å². The molecular weight excluding hydrogens is 264 g/mol. The largest absolute Gasteiger partial charge is 0.367 e. The maximum Gasteiger partial charge on any atom is 0.256 e. The predicted octanol–water partition coefficient (Wildman–Crippen LogP) is 2.32. The molecule has 0 saturated heterocycles. The maximum atomic E-state index is 12.2. The Hall–Kier alpha value is -1.58. The van der Waals surface area contributed by atoms with E-state index in [9.17, 15) is 9.59 Å². The number of aromatic nitrogens is 1. The molecule has 5 rings (SSSR count). The van der Waals surface area contributed by atoms with Crippen LogP contribution in [-0.2, 0) is 0 Å². The van der Waals surface area contributed by atoms with Crippen LogP contribution in [0, 0.1) is 23.2 Å². The fourth-order valence-electron chi connectivity index (χ4n) is 5.46. The number of hydrogen-bond donors (Lipinski definition) is 2. The van der Waals surface area contributed by atoms with Gasteiger partial charge in [0, 0.05) is 25.0 Å². The summed E-state index contributed by atoms with van der Waals surface area (Å²) in [6.45, 7) is 0.740. The highest BCUT2D eigenvalue weighted by Crippen LogP contribution is 2.59. The second kappa shape index (κ2) is 4.72. The van der Waals surface area contributed by atoms with Crippen molar-refractivity contribution < 1.29 is 4.79 Å². The normalized spacial score (nSPS) is 36.7. The van der Waals surface area contributed by atoms with Gasteiger partial charge in [-0.15, -0.1) is 0 Å². The Balaban J connectivity index is 1.46. The first-order chi connectivity index (χ1) is 10.1. The molecule has 1 aromatic heterocycles. The number of carbonyl (C=O) groups is 1. The van der Waals surface area contributed by atoms with Gasteiger partial charge in [-0.1, -0.05) is 0 Å². The van der Waals surface area contributed by atoms with Crippen molar-refractivity contribution in [2.45, 2.75) is 38.5 Å². The minimum absolute atomic E-state index is 0.211. The number of carbonyl (C=O) groups excluding carboxylic acids is 1. The number of nitrogens with one attached hydrogen (secondary N) is 2. The van der Waals surface area contributed by atoms with Gasteiger partial charge < -0.3 is 10.3 Å². The second-order valence-electron chi connectivity index (χ2n) is 7.52. The van der Waals surface area contributed by atoms with Crippen molar-refractivity contribution >= 4 is 5.91 Å². The third-order valence-electron chi connectivity index (χ3n) is 5.86. The molecule has 1 amide bonds. The van der Waals surface area contributed by atoms with Crippen molar-refractivity contribution in [3.05, 3.63) is 34.2 Å². The van der Waals surface area contributed by atoms with Crippen LogP contribution in [0.1, 0.15) is 48.9 Å². The van der Waals surface area contributed by atoms with E-state index in [0.717, 1.165) is 24.3 Å².